The minimum atomic E-state index is -0.580. The topological polar surface area (TPSA) is 105 Å². The van der Waals surface area contributed by atoms with Crippen molar-refractivity contribution in [1.82, 2.24) is 10.4 Å². The number of hydrogen-bond acceptors (Lipinski definition) is 7. The Kier molecular flexibility index (Phi) is 9.70. The Balaban J connectivity index is 1.39. The van der Waals surface area contributed by atoms with Crippen LogP contribution < -0.4 is 24.5 Å². The van der Waals surface area contributed by atoms with Gasteiger partial charge in [0, 0.05) is 52.4 Å². The van der Waals surface area contributed by atoms with E-state index < -0.39 is 11.9 Å². The van der Waals surface area contributed by atoms with E-state index in [1.807, 2.05) is 69.2 Å². The van der Waals surface area contributed by atoms with E-state index >= 15 is 0 Å². The summed E-state index contributed by atoms with van der Waals surface area (Å²) < 4.78 is 16.9. The Labute approximate surface area is 266 Å². The summed E-state index contributed by atoms with van der Waals surface area (Å²) in [5.41, 5.74) is 6.84. The Morgan fingerprint density at radius 2 is 1.62 bits per heavy atom. The number of benzene rings is 4. The van der Waals surface area contributed by atoms with Crippen molar-refractivity contribution >= 4 is 46.3 Å². The number of H-pyrrole nitrogens is 1. The van der Waals surface area contributed by atoms with Crippen LogP contribution in [0.1, 0.15) is 40.3 Å². The van der Waals surface area contributed by atoms with Gasteiger partial charge in [-0.2, -0.15) is 5.10 Å². The Bertz CT molecular complexity index is 1880. The number of aromatic amines is 1. The maximum absolute atomic E-state index is 13.5. The number of hydrogen-bond donors (Lipinski definition) is 2. The van der Waals surface area contributed by atoms with Crippen LogP contribution in [-0.4, -0.2) is 50.4 Å². The number of anilines is 1. The monoisotopic (exact) mass is 624 g/mol. The molecule has 0 bridgehead atoms. The highest BCUT2D eigenvalue weighted by Gasteiger charge is 2.21. The number of hydrazone groups is 1. The molecule has 0 unspecified atom stereocenters. The Morgan fingerprint density at radius 3 is 2.38 bits per heavy atom. The molecule has 5 aromatic rings. The number of carbonyl (C=O) groups is 2. The summed E-state index contributed by atoms with van der Waals surface area (Å²) in [6, 6.07) is 25.1. The molecule has 0 spiro atoms. The van der Waals surface area contributed by atoms with Crippen LogP contribution in [0, 0.1) is 0 Å². The zero-order valence-electron chi connectivity index (χ0n) is 25.4. The standard InChI is InChI=1S/C35H33ClN4O5/c1-5-43-30-18-15-22(19-31(30)44-6-2)35(42)45-29-14-10-7-11-23(29)21-37-39-34(41)33-32(25-12-8-9-13-27(25)36)26-20-24(40(3)4)16-17-28(26)38-33/h7-21,38H,5-6H2,1-4H3,(H,39,41). The van der Waals surface area contributed by atoms with Crippen molar-refractivity contribution in [2.75, 3.05) is 32.2 Å². The summed E-state index contributed by atoms with van der Waals surface area (Å²) in [4.78, 5) is 31.8. The molecule has 4 aromatic carbocycles. The lowest BCUT2D eigenvalue weighted by Crippen LogP contribution is -2.19. The molecule has 0 fully saturated rings. The highest BCUT2D eigenvalue weighted by atomic mass is 35.5. The number of esters is 1. The van der Waals surface area contributed by atoms with E-state index in [1.54, 1.807) is 48.5 Å². The van der Waals surface area contributed by atoms with E-state index in [4.69, 9.17) is 25.8 Å². The van der Waals surface area contributed by atoms with Gasteiger partial charge >= 0.3 is 5.97 Å². The summed E-state index contributed by atoms with van der Waals surface area (Å²) in [6.45, 7) is 4.61. The molecule has 9 nitrogen and oxygen atoms in total. The molecule has 0 atom stereocenters. The van der Waals surface area contributed by atoms with Gasteiger partial charge in [0.25, 0.3) is 5.91 Å². The third-order valence-corrected chi connectivity index (χ3v) is 7.27. The predicted octanol–water partition coefficient (Wildman–Crippen LogP) is 7.33. The van der Waals surface area contributed by atoms with Crippen molar-refractivity contribution in [3.05, 3.63) is 107 Å². The molecule has 10 heteroatoms. The van der Waals surface area contributed by atoms with E-state index in [0.717, 1.165) is 22.2 Å². The number of ether oxygens (including phenoxy) is 3. The molecule has 230 valence electrons. The van der Waals surface area contributed by atoms with Crippen LogP contribution in [0.2, 0.25) is 5.02 Å². The van der Waals surface area contributed by atoms with Crippen molar-refractivity contribution in [2.24, 2.45) is 5.10 Å². The number of rotatable bonds is 11. The number of halogens is 1. The average Bonchev–Trinajstić information content (AvgIpc) is 3.42. The number of aromatic nitrogens is 1. The van der Waals surface area contributed by atoms with Gasteiger partial charge < -0.3 is 24.1 Å². The third kappa shape index (κ3) is 6.94. The first-order valence-corrected chi connectivity index (χ1v) is 14.8. The molecule has 0 saturated heterocycles. The predicted molar refractivity (Wildman–Crippen MR) is 178 cm³/mol. The number of carbonyl (C=O) groups excluding carboxylic acids is 2. The molecular weight excluding hydrogens is 592 g/mol. The number of nitrogens with one attached hydrogen (secondary N) is 2. The third-order valence-electron chi connectivity index (χ3n) is 6.94. The molecule has 0 aliphatic carbocycles. The van der Waals surface area contributed by atoms with Crippen LogP contribution in [0.15, 0.2) is 90.0 Å². The largest absolute Gasteiger partial charge is 0.490 e. The Morgan fingerprint density at radius 1 is 0.889 bits per heavy atom. The normalized spacial score (nSPS) is 11.0. The van der Waals surface area contributed by atoms with Crippen molar-refractivity contribution in [2.45, 2.75) is 13.8 Å². The van der Waals surface area contributed by atoms with Crippen molar-refractivity contribution in [3.63, 3.8) is 0 Å². The molecule has 1 amide bonds. The van der Waals surface area contributed by atoms with Crippen LogP contribution in [0.25, 0.3) is 22.0 Å². The minimum Gasteiger partial charge on any atom is -0.490 e. The zero-order chi connectivity index (χ0) is 31.9. The molecule has 2 N–H and O–H groups in total. The summed E-state index contributed by atoms with van der Waals surface area (Å²) >= 11 is 6.59. The lowest BCUT2D eigenvalue weighted by Gasteiger charge is -2.13. The highest BCUT2D eigenvalue weighted by Crippen LogP contribution is 2.38. The molecule has 1 aromatic heterocycles. The summed E-state index contributed by atoms with van der Waals surface area (Å²) in [5, 5.41) is 5.55. The maximum Gasteiger partial charge on any atom is 0.343 e. The van der Waals surface area contributed by atoms with Crippen LogP contribution in [0.5, 0.6) is 17.2 Å². The lowest BCUT2D eigenvalue weighted by atomic mass is 10.0. The first-order valence-electron chi connectivity index (χ1n) is 14.4. The lowest BCUT2D eigenvalue weighted by molar-refractivity contribution is 0.0733. The molecule has 5 rings (SSSR count). The number of fused-ring (bicyclic) bond motifs is 1. The molecule has 0 aliphatic heterocycles. The highest BCUT2D eigenvalue weighted by molar-refractivity contribution is 6.34. The second-order valence-corrected chi connectivity index (χ2v) is 10.5. The van der Waals surface area contributed by atoms with Gasteiger partial charge in [-0.15, -0.1) is 0 Å². The second kappa shape index (κ2) is 14.0. The molecule has 0 aliphatic rings. The van der Waals surface area contributed by atoms with Gasteiger partial charge in [-0.05, 0) is 68.4 Å². The summed E-state index contributed by atoms with van der Waals surface area (Å²) in [6.07, 6.45) is 1.42. The van der Waals surface area contributed by atoms with Gasteiger partial charge in [0.2, 0.25) is 0 Å². The average molecular weight is 625 g/mol. The maximum atomic E-state index is 13.5. The van der Waals surface area contributed by atoms with Crippen LogP contribution in [0.3, 0.4) is 0 Å². The van der Waals surface area contributed by atoms with E-state index in [-0.39, 0.29) is 5.75 Å². The van der Waals surface area contributed by atoms with Crippen molar-refractivity contribution in [1.29, 1.82) is 0 Å². The second-order valence-electron chi connectivity index (χ2n) is 10.1. The van der Waals surface area contributed by atoms with E-state index in [1.165, 1.54) is 6.21 Å². The van der Waals surface area contributed by atoms with Gasteiger partial charge in [0.15, 0.2) is 11.5 Å². The van der Waals surface area contributed by atoms with Crippen LogP contribution in [0.4, 0.5) is 5.69 Å². The van der Waals surface area contributed by atoms with Gasteiger partial charge in [-0.3, -0.25) is 4.79 Å². The van der Waals surface area contributed by atoms with E-state index in [0.29, 0.717) is 52.1 Å². The first-order chi connectivity index (χ1) is 21.8. The number of para-hydroxylation sites is 1. The van der Waals surface area contributed by atoms with E-state index in [9.17, 15) is 9.59 Å². The molecular formula is C35H33ClN4O5. The van der Waals surface area contributed by atoms with Crippen LogP contribution >= 0.6 is 11.6 Å². The van der Waals surface area contributed by atoms with Crippen LogP contribution in [-0.2, 0) is 0 Å². The van der Waals surface area contributed by atoms with Gasteiger partial charge in [0.1, 0.15) is 11.4 Å². The fourth-order valence-corrected chi connectivity index (χ4v) is 5.04. The van der Waals surface area contributed by atoms with Crippen molar-refractivity contribution in [3.8, 4) is 28.4 Å². The van der Waals surface area contributed by atoms with Gasteiger partial charge in [0.05, 0.1) is 25.0 Å². The summed E-state index contributed by atoms with van der Waals surface area (Å²) in [5.74, 6) is 0.230. The van der Waals surface area contributed by atoms with Gasteiger partial charge in [-0.1, -0.05) is 41.9 Å². The summed E-state index contributed by atoms with van der Waals surface area (Å²) in [7, 11) is 3.91. The SMILES string of the molecule is CCOc1ccc(C(=O)Oc2ccccc2C=NNC(=O)c2[nH]c3ccc(N(C)C)cc3c2-c2ccccc2Cl)cc1OCC. The quantitative estimate of drug-likeness (QED) is 0.0690. The zero-order valence-corrected chi connectivity index (χ0v) is 26.1. The number of nitrogens with zero attached hydrogens (tertiary/aromatic N) is 2. The smallest absolute Gasteiger partial charge is 0.343 e. The molecule has 45 heavy (non-hydrogen) atoms. The fourth-order valence-electron chi connectivity index (χ4n) is 4.81. The van der Waals surface area contributed by atoms with E-state index in [2.05, 4.69) is 15.5 Å². The molecule has 0 saturated carbocycles. The minimum absolute atomic E-state index is 0.269. The van der Waals surface area contributed by atoms with Gasteiger partial charge in [-0.25, -0.2) is 10.2 Å². The van der Waals surface area contributed by atoms with Crippen molar-refractivity contribution < 1.29 is 23.8 Å². The molecule has 1 heterocycles. The fraction of sp³-hybridized carbons (Fsp3) is 0.171. The first kappa shape index (κ1) is 31.2. The number of amides is 1. The Hall–Kier alpha value is -5.28. The molecule has 0 radical (unpaired) electrons.